The summed E-state index contributed by atoms with van der Waals surface area (Å²) in [6, 6.07) is 0.679. The van der Waals surface area contributed by atoms with E-state index in [-0.39, 0.29) is 5.91 Å². The molecular weight excluding hydrogens is 204 g/mol. The van der Waals surface area contributed by atoms with E-state index in [9.17, 15) is 4.79 Å². The number of carbonyl (C=O) groups excluding carboxylic acids is 1. The molecule has 1 amide bonds. The summed E-state index contributed by atoms with van der Waals surface area (Å²) in [5.41, 5.74) is 1.05. The van der Waals surface area contributed by atoms with Crippen molar-refractivity contribution in [3.05, 3.63) is 18.2 Å². The van der Waals surface area contributed by atoms with Crippen LogP contribution in [0.15, 0.2) is 12.5 Å². The predicted octanol–water partition coefficient (Wildman–Crippen LogP) is 0.211. The first-order valence-corrected chi connectivity index (χ1v) is 5.82. The molecule has 1 aromatic rings. The van der Waals surface area contributed by atoms with Crippen molar-refractivity contribution in [1.29, 1.82) is 0 Å². The molecule has 1 aliphatic carbocycles. The van der Waals surface area contributed by atoms with Gasteiger partial charge in [-0.05, 0) is 12.8 Å². The van der Waals surface area contributed by atoms with Gasteiger partial charge in [-0.3, -0.25) is 4.79 Å². The predicted molar refractivity (Wildman–Crippen MR) is 60.9 cm³/mol. The summed E-state index contributed by atoms with van der Waals surface area (Å²) < 4.78 is 0. The Morgan fingerprint density at radius 3 is 3.06 bits per heavy atom. The molecule has 1 heterocycles. The van der Waals surface area contributed by atoms with Gasteiger partial charge in [0.2, 0.25) is 5.91 Å². The molecule has 0 saturated heterocycles. The number of aromatic nitrogens is 2. The van der Waals surface area contributed by atoms with Crippen LogP contribution in [0, 0.1) is 0 Å². The molecule has 0 spiro atoms. The Bertz CT molecular complexity index is 319. The second-order valence-electron chi connectivity index (χ2n) is 4.16. The smallest absolute Gasteiger partial charge is 0.221 e. The molecule has 1 aliphatic rings. The monoisotopic (exact) mass is 222 g/mol. The van der Waals surface area contributed by atoms with E-state index in [1.165, 1.54) is 12.8 Å². The molecule has 3 N–H and O–H groups in total. The van der Waals surface area contributed by atoms with Gasteiger partial charge in [-0.15, -0.1) is 0 Å². The number of H-pyrrole nitrogens is 1. The molecule has 0 aromatic carbocycles. The van der Waals surface area contributed by atoms with Crippen molar-refractivity contribution in [3.63, 3.8) is 0 Å². The average Bonchev–Trinajstić information content (AvgIpc) is 2.94. The second-order valence-corrected chi connectivity index (χ2v) is 4.16. The summed E-state index contributed by atoms with van der Waals surface area (Å²) in [5, 5.41) is 6.20. The lowest BCUT2D eigenvalue weighted by molar-refractivity contribution is -0.120. The molecule has 0 aliphatic heterocycles. The van der Waals surface area contributed by atoms with Gasteiger partial charge in [-0.25, -0.2) is 4.98 Å². The highest BCUT2D eigenvalue weighted by Crippen LogP contribution is 2.18. The van der Waals surface area contributed by atoms with Gasteiger partial charge in [-0.2, -0.15) is 0 Å². The lowest BCUT2D eigenvalue weighted by atomic mass is 10.3. The maximum Gasteiger partial charge on any atom is 0.221 e. The van der Waals surface area contributed by atoms with Gasteiger partial charge >= 0.3 is 0 Å². The fraction of sp³-hybridized carbons (Fsp3) is 0.636. The number of hydrogen-bond donors (Lipinski definition) is 3. The maximum absolute atomic E-state index is 11.4. The Morgan fingerprint density at radius 1 is 1.50 bits per heavy atom. The van der Waals surface area contributed by atoms with Crippen LogP contribution in [0.25, 0.3) is 0 Å². The van der Waals surface area contributed by atoms with Crippen LogP contribution in [0.2, 0.25) is 0 Å². The van der Waals surface area contributed by atoms with Crippen molar-refractivity contribution in [2.75, 3.05) is 13.1 Å². The third kappa shape index (κ3) is 4.02. The molecule has 1 aromatic heterocycles. The highest BCUT2D eigenvalue weighted by atomic mass is 16.1. The largest absolute Gasteiger partial charge is 0.356 e. The normalized spacial score (nSPS) is 15.0. The zero-order chi connectivity index (χ0) is 11.2. The zero-order valence-corrected chi connectivity index (χ0v) is 9.33. The topological polar surface area (TPSA) is 69.8 Å². The van der Waals surface area contributed by atoms with Crippen molar-refractivity contribution >= 4 is 5.91 Å². The summed E-state index contributed by atoms with van der Waals surface area (Å²) in [5.74, 6) is 0.118. The molecule has 1 saturated carbocycles. The van der Waals surface area contributed by atoms with E-state index in [2.05, 4.69) is 20.6 Å². The van der Waals surface area contributed by atoms with Gasteiger partial charge in [0.15, 0.2) is 0 Å². The summed E-state index contributed by atoms with van der Waals surface area (Å²) in [7, 11) is 0. The SMILES string of the molecule is O=C(CCNC1CC1)NCCc1cnc[nH]1. The van der Waals surface area contributed by atoms with E-state index in [0.29, 0.717) is 19.0 Å². The highest BCUT2D eigenvalue weighted by molar-refractivity contribution is 5.76. The van der Waals surface area contributed by atoms with Gasteiger partial charge in [0.1, 0.15) is 0 Å². The van der Waals surface area contributed by atoms with Crippen LogP contribution in [0.1, 0.15) is 25.0 Å². The van der Waals surface area contributed by atoms with Crippen LogP contribution in [0.4, 0.5) is 0 Å². The molecule has 0 bridgehead atoms. The van der Waals surface area contributed by atoms with Gasteiger partial charge in [0.05, 0.1) is 6.33 Å². The fourth-order valence-corrected chi connectivity index (χ4v) is 1.52. The molecule has 1 fully saturated rings. The number of hydrogen-bond acceptors (Lipinski definition) is 3. The van der Waals surface area contributed by atoms with E-state index in [1.54, 1.807) is 12.5 Å². The summed E-state index contributed by atoms with van der Waals surface area (Å²) in [4.78, 5) is 18.3. The number of nitrogens with one attached hydrogen (secondary N) is 3. The first-order chi connectivity index (χ1) is 7.84. The highest BCUT2D eigenvalue weighted by Gasteiger charge is 2.19. The Hall–Kier alpha value is -1.36. The van der Waals surface area contributed by atoms with Crippen molar-refractivity contribution in [3.8, 4) is 0 Å². The minimum atomic E-state index is 0.118. The number of imidazole rings is 1. The average molecular weight is 222 g/mol. The van der Waals surface area contributed by atoms with Gasteiger partial charge in [-0.1, -0.05) is 0 Å². The van der Waals surface area contributed by atoms with E-state index in [0.717, 1.165) is 18.7 Å². The van der Waals surface area contributed by atoms with E-state index >= 15 is 0 Å². The lowest BCUT2D eigenvalue weighted by Gasteiger charge is -2.04. The summed E-state index contributed by atoms with van der Waals surface area (Å²) in [6.07, 6.45) is 7.33. The third-order valence-electron chi connectivity index (χ3n) is 2.63. The van der Waals surface area contributed by atoms with E-state index in [4.69, 9.17) is 0 Å². The van der Waals surface area contributed by atoms with Crippen LogP contribution in [0.3, 0.4) is 0 Å². The minimum absolute atomic E-state index is 0.118. The molecule has 2 rings (SSSR count). The molecule has 5 nitrogen and oxygen atoms in total. The third-order valence-corrected chi connectivity index (χ3v) is 2.63. The molecule has 0 atom stereocenters. The molecule has 0 unspecified atom stereocenters. The van der Waals surface area contributed by atoms with E-state index < -0.39 is 0 Å². The first-order valence-electron chi connectivity index (χ1n) is 5.82. The zero-order valence-electron chi connectivity index (χ0n) is 9.33. The van der Waals surface area contributed by atoms with Crippen molar-refractivity contribution < 1.29 is 4.79 Å². The lowest BCUT2D eigenvalue weighted by Crippen LogP contribution is -2.29. The number of aromatic amines is 1. The van der Waals surface area contributed by atoms with Crippen LogP contribution in [-0.2, 0) is 11.2 Å². The number of amides is 1. The molecular formula is C11H18N4O. The standard InChI is InChI=1S/C11H18N4O/c16-11(4-6-13-9-1-2-9)14-5-3-10-7-12-8-15-10/h7-9,13H,1-6H2,(H,12,15)(H,14,16). The van der Waals surface area contributed by atoms with Crippen LogP contribution >= 0.6 is 0 Å². The molecule has 16 heavy (non-hydrogen) atoms. The van der Waals surface area contributed by atoms with E-state index in [1.807, 2.05) is 0 Å². The van der Waals surface area contributed by atoms with Gasteiger partial charge in [0.25, 0.3) is 0 Å². The minimum Gasteiger partial charge on any atom is -0.356 e. The molecule has 5 heteroatoms. The number of nitrogens with zero attached hydrogens (tertiary/aromatic N) is 1. The van der Waals surface area contributed by atoms with Gasteiger partial charge in [0, 0.05) is 43.9 Å². The van der Waals surface area contributed by atoms with Gasteiger partial charge < -0.3 is 15.6 Å². The Labute approximate surface area is 95.0 Å². The first kappa shape index (κ1) is 11.1. The maximum atomic E-state index is 11.4. The van der Waals surface area contributed by atoms with Crippen LogP contribution in [0.5, 0.6) is 0 Å². The fourth-order valence-electron chi connectivity index (χ4n) is 1.52. The molecule has 0 radical (unpaired) electrons. The Kier molecular flexibility index (Phi) is 3.93. The quantitative estimate of drug-likeness (QED) is 0.617. The Balaban J connectivity index is 1.49. The van der Waals surface area contributed by atoms with Crippen molar-refractivity contribution in [2.45, 2.75) is 31.7 Å². The second kappa shape index (κ2) is 5.65. The van der Waals surface area contributed by atoms with Crippen LogP contribution < -0.4 is 10.6 Å². The van der Waals surface area contributed by atoms with Crippen molar-refractivity contribution in [2.24, 2.45) is 0 Å². The Morgan fingerprint density at radius 2 is 2.38 bits per heavy atom. The van der Waals surface area contributed by atoms with Crippen LogP contribution in [-0.4, -0.2) is 35.0 Å². The summed E-state index contributed by atoms with van der Waals surface area (Å²) >= 11 is 0. The van der Waals surface area contributed by atoms with Crippen molar-refractivity contribution in [1.82, 2.24) is 20.6 Å². The molecule has 88 valence electrons. The summed E-state index contributed by atoms with van der Waals surface area (Å²) in [6.45, 7) is 1.46. The number of carbonyl (C=O) groups is 1. The number of rotatable bonds is 7.